The van der Waals surface area contributed by atoms with Gasteiger partial charge >= 0.3 is 0 Å². The second-order valence-electron chi connectivity index (χ2n) is 5.56. The van der Waals surface area contributed by atoms with Gasteiger partial charge in [-0.2, -0.15) is 0 Å². The highest BCUT2D eigenvalue weighted by Crippen LogP contribution is 2.20. The second kappa shape index (κ2) is 8.66. The number of Topliss-reactive ketones (excluding diaryl/α,β-unsaturated/α-hetero) is 1. The van der Waals surface area contributed by atoms with Gasteiger partial charge in [0.15, 0.2) is 23.4 Å². The lowest BCUT2D eigenvalue weighted by Gasteiger charge is -2.15. The van der Waals surface area contributed by atoms with Crippen molar-refractivity contribution in [1.29, 1.82) is 0 Å². The Morgan fingerprint density at radius 1 is 1.17 bits per heavy atom. The molecule has 2 aromatic carbocycles. The minimum Gasteiger partial charge on any atom is -0.624 e. The Hall–Kier alpha value is -2.11. The van der Waals surface area contributed by atoms with Gasteiger partial charge in [-0.1, -0.05) is 37.3 Å². The van der Waals surface area contributed by atoms with Gasteiger partial charge in [-0.15, -0.1) is 0 Å². The molecule has 5 heteroatoms. The van der Waals surface area contributed by atoms with E-state index >= 15 is 0 Å². The summed E-state index contributed by atoms with van der Waals surface area (Å²) in [6.07, 6.45) is 3.58. The first-order chi connectivity index (χ1) is 11.5. The van der Waals surface area contributed by atoms with Gasteiger partial charge in [-0.25, -0.2) is 4.74 Å². The molecule has 0 spiro atoms. The SMILES string of the molecule is CCC(C[N+]([O-])=Cc1ccccc1)C(=O)c1ccccc1[S+](C)[O-]. The van der Waals surface area contributed by atoms with Crippen molar-refractivity contribution >= 4 is 23.2 Å². The third-order valence-electron chi connectivity index (χ3n) is 3.82. The highest BCUT2D eigenvalue weighted by Gasteiger charge is 2.26. The fourth-order valence-electron chi connectivity index (χ4n) is 2.51. The zero-order chi connectivity index (χ0) is 17.5. The molecule has 0 aliphatic carbocycles. The van der Waals surface area contributed by atoms with Gasteiger partial charge in [-0.3, -0.25) is 4.79 Å². The summed E-state index contributed by atoms with van der Waals surface area (Å²) in [6, 6.07) is 16.2. The third-order valence-corrected chi connectivity index (χ3v) is 4.79. The summed E-state index contributed by atoms with van der Waals surface area (Å²) < 4.78 is 12.6. The quantitative estimate of drug-likeness (QED) is 0.193. The smallest absolute Gasteiger partial charge is 0.181 e. The van der Waals surface area contributed by atoms with Crippen LogP contribution in [0.15, 0.2) is 59.5 Å². The zero-order valence-corrected chi connectivity index (χ0v) is 14.7. The molecule has 0 aliphatic heterocycles. The predicted molar refractivity (Wildman–Crippen MR) is 97.0 cm³/mol. The molecule has 2 atom stereocenters. The molecular weight excluding hydrogens is 322 g/mol. The van der Waals surface area contributed by atoms with Gasteiger partial charge in [0.05, 0.1) is 11.5 Å². The van der Waals surface area contributed by atoms with E-state index in [1.54, 1.807) is 30.5 Å². The second-order valence-corrected chi connectivity index (χ2v) is 6.91. The molecule has 0 amide bonds. The number of rotatable bonds is 7. The molecule has 0 saturated carbocycles. The summed E-state index contributed by atoms with van der Waals surface area (Å²) in [5.74, 6) is -0.572. The standard InChI is InChI=1S/C19H21NO3S/c1-3-16(14-20(22)13-15-9-5-4-6-10-15)19(21)17-11-7-8-12-18(17)24(2)23/h4-13,16H,3,14H2,1-2H3. The molecule has 0 heterocycles. The van der Waals surface area contributed by atoms with Crippen molar-refractivity contribution in [2.75, 3.05) is 12.8 Å². The van der Waals surface area contributed by atoms with Gasteiger partial charge in [0.2, 0.25) is 0 Å². The van der Waals surface area contributed by atoms with Crippen LogP contribution < -0.4 is 0 Å². The first-order valence-corrected chi connectivity index (χ1v) is 9.39. The molecule has 0 saturated heterocycles. The van der Waals surface area contributed by atoms with E-state index in [0.29, 0.717) is 16.9 Å². The van der Waals surface area contributed by atoms with Gasteiger partial charge in [-0.05, 0) is 41.9 Å². The highest BCUT2D eigenvalue weighted by atomic mass is 32.2. The topological polar surface area (TPSA) is 66.2 Å². The minimum absolute atomic E-state index is 0.0783. The summed E-state index contributed by atoms with van der Waals surface area (Å²) >= 11 is -1.24. The summed E-state index contributed by atoms with van der Waals surface area (Å²) in [5.41, 5.74) is 1.24. The van der Waals surface area contributed by atoms with Gasteiger partial charge in [0.25, 0.3) is 0 Å². The first-order valence-electron chi connectivity index (χ1n) is 7.83. The van der Waals surface area contributed by atoms with Crippen molar-refractivity contribution in [2.24, 2.45) is 5.92 Å². The Labute approximate surface area is 145 Å². The summed E-state index contributed by atoms with van der Waals surface area (Å²) in [7, 11) is 0. The molecule has 0 N–H and O–H groups in total. The molecule has 0 aromatic heterocycles. The fraction of sp³-hybridized carbons (Fsp3) is 0.263. The van der Waals surface area contributed by atoms with Crippen LogP contribution in [0.4, 0.5) is 0 Å². The Kier molecular flexibility index (Phi) is 6.58. The average Bonchev–Trinajstić information content (AvgIpc) is 2.60. The van der Waals surface area contributed by atoms with Crippen LogP contribution in [-0.2, 0) is 11.2 Å². The fourth-order valence-corrected chi connectivity index (χ4v) is 3.26. The van der Waals surface area contributed by atoms with Crippen LogP contribution in [-0.4, -0.2) is 34.1 Å². The lowest BCUT2D eigenvalue weighted by atomic mass is 9.95. The number of benzene rings is 2. The number of hydroxylamine groups is 1. The maximum atomic E-state index is 12.8. The summed E-state index contributed by atoms with van der Waals surface area (Å²) in [5, 5.41) is 12.2. The lowest BCUT2D eigenvalue weighted by Crippen LogP contribution is -2.25. The maximum Gasteiger partial charge on any atom is 0.181 e. The Morgan fingerprint density at radius 2 is 1.79 bits per heavy atom. The molecule has 4 nitrogen and oxygen atoms in total. The molecule has 2 rings (SSSR count). The molecule has 2 unspecified atom stereocenters. The van der Waals surface area contributed by atoms with E-state index in [9.17, 15) is 14.6 Å². The molecule has 2 aromatic rings. The van der Waals surface area contributed by atoms with E-state index < -0.39 is 17.1 Å². The molecule has 0 bridgehead atoms. The number of carbonyl (C=O) groups excluding carboxylic acids is 1. The zero-order valence-electron chi connectivity index (χ0n) is 13.8. The van der Waals surface area contributed by atoms with Crippen molar-refractivity contribution in [1.82, 2.24) is 0 Å². The number of hydrogen-bond acceptors (Lipinski definition) is 3. The lowest BCUT2D eigenvalue weighted by molar-refractivity contribution is -0.458. The van der Waals surface area contributed by atoms with E-state index in [4.69, 9.17) is 0 Å². The summed E-state index contributed by atoms with van der Waals surface area (Å²) in [6.45, 7) is 1.96. The van der Waals surface area contributed by atoms with E-state index in [-0.39, 0.29) is 12.3 Å². The van der Waals surface area contributed by atoms with Crippen LogP contribution >= 0.6 is 0 Å². The minimum atomic E-state index is -1.24. The van der Waals surface area contributed by atoms with Crippen molar-refractivity contribution in [2.45, 2.75) is 18.2 Å². The number of carbonyl (C=O) groups is 1. The van der Waals surface area contributed by atoms with Crippen molar-refractivity contribution < 1.29 is 14.1 Å². The highest BCUT2D eigenvalue weighted by molar-refractivity contribution is 7.90. The first kappa shape index (κ1) is 18.2. The Bertz CT molecular complexity index is 714. The van der Waals surface area contributed by atoms with Crippen LogP contribution in [0, 0.1) is 11.1 Å². The largest absolute Gasteiger partial charge is 0.624 e. The van der Waals surface area contributed by atoms with Crippen molar-refractivity contribution in [3.63, 3.8) is 0 Å². The van der Waals surface area contributed by atoms with E-state index in [0.717, 1.165) is 10.3 Å². The van der Waals surface area contributed by atoms with E-state index in [1.165, 1.54) is 6.21 Å². The Balaban J connectivity index is 2.19. The molecular formula is C19H21NO3S. The van der Waals surface area contributed by atoms with Gasteiger partial charge in [0, 0.05) is 5.56 Å². The van der Waals surface area contributed by atoms with E-state index in [2.05, 4.69) is 0 Å². The van der Waals surface area contributed by atoms with Crippen molar-refractivity contribution in [3.8, 4) is 0 Å². The van der Waals surface area contributed by atoms with Crippen molar-refractivity contribution in [3.05, 3.63) is 70.9 Å². The van der Waals surface area contributed by atoms with Crippen LogP contribution in [0.25, 0.3) is 0 Å². The molecule has 0 aliphatic rings. The normalized spacial score (nSPS) is 14.2. The van der Waals surface area contributed by atoms with Crippen LogP contribution in [0.5, 0.6) is 0 Å². The molecule has 24 heavy (non-hydrogen) atoms. The van der Waals surface area contributed by atoms with Gasteiger partial charge in [0.1, 0.15) is 6.26 Å². The van der Waals surface area contributed by atoms with Crippen LogP contribution in [0.3, 0.4) is 0 Å². The third kappa shape index (κ3) is 4.69. The van der Waals surface area contributed by atoms with Crippen LogP contribution in [0.2, 0.25) is 0 Å². The summed E-state index contributed by atoms with van der Waals surface area (Å²) in [4.78, 5) is 13.3. The maximum absolute atomic E-state index is 12.8. The van der Waals surface area contributed by atoms with Crippen LogP contribution in [0.1, 0.15) is 29.3 Å². The van der Waals surface area contributed by atoms with Gasteiger partial charge < -0.3 is 9.76 Å². The van der Waals surface area contributed by atoms with E-state index in [1.807, 2.05) is 37.3 Å². The molecule has 0 radical (unpaired) electrons. The predicted octanol–water partition coefficient (Wildman–Crippen LogP) is 3.26. The molecule has 126 valence electrons. The number of hydrogen-bond donors (Lipinski definition) is 0. The monoisotopic (exact) mass is 343 g/mol. The molecule has 0 fully saturated rings. The number of nitrogens with zero attached hydrogens (tertiary/aromatic N) is 1. The number of ketones is 1. The Morgan fingerprint density at radius 3 is 2.42 bits per heavy atom. The average molecular weight is 343 g/mol.